The van der Waals surface area contributed by atoms with Gasteiger partial charge < -0.3 is 10.2 Å². The Morgan fingerprint density at radius 2 is 1.36 bits per heavy atom. The minimum Gasteiger partial charge on any atom is -0.508 e. The largest absolute Gasteiger partial charge is 0.508 e. The highest BCUT2D eigenvalue weighted by Crippen LogP contribution is 2.13. The number of ketones is 1. The Balaban J connectivity index is 1.91. The molecule has 0 fully saturated rings. The molecule has 0 atom stereocenters. The Kier molecular flexibility index (Phi) is 5.32. The molecule has 0 aliphatic rings. The van der Waals surface area contributed by atoms with Gasteiger partial charge in [-0.25, -0.2) is 0 Å². The standard InChI is InChI=1S/C19H16O3/c20-17(12-11-16-7-4-10-19(22)14-16)8-2-1-5-15-6-3-9-18(21)13-15/h1-14,21-22H/b5-1+,8-2+,12-11+. The topological polar surface area (TPSA) is 57.5 Å². The molecule has 3 heteroatoms. The molecule has 2 aromatic rings. The van der Waals surface area contributed by atoms with Crippen molar-refractivity contribution in [1.29, 1.82) is 0 Å². The minimum absolute atomic E-state index is 0.149. The lowest BCUT2D eigenvalue weighted by Crippen LogP contribution is -1.84. The third kappa shape index (κ3) is 5.13. The summed E-state index contributed by atoms with van der Waals surface area (Å²) in [4.78, 5) is 11.7. The van der Waals surface area contributed by atoms with Crippen molar-refractivity contribution in [3.05, 3.63) is 84.0 Å². The zero-order chi connectivity index (χ0) is 15.8. The van der Waals surface area contributed by atoms with Crippen molar-refractivity contribution in [1.82, 2.24) is 0 Å². The fraction of sp³-hybridized carbons (Fsp3) is 0. The highest BCUT2D eigenvalue weighted by molar-refractivity contribution is 6.02. The number of rotatable bonds is 5. The molecule has 0 aliphatic heterocycles. The van der Waals surface area contributed by atoms with Crippen molar-refractivity contribution in [2.45, 2.75) is 0 Å². The number of hydrogen-bond donors (Lipinski definition) is 2. The van der Waals surface area contributed by atoms with Crippen molar-refractivity contribution in [2.24, 2.45) is 0 Å². The molecule has 3 nitrogen and oxygen atoms in total. The maximum Gasteiger partial charge on any atom is 0.178 e. The van der Waals surface area contributed by atoms with Crippen molar-refractivity contribution in [2.75, 3.05) is 0 Å². The summed E-state index contributed by atoms with van der Waals surface area (Å²) in [6.07, 6.45) is 9.69. The molecule has 0 spiro atoms. The first-order chi connectivity index (χ1) is 10.6. The fourth-order valence-corrected chi connectivity index (χ4v) is 1.81. The van der Waals surface area contributed by atoms with Gasteiger partial charge in [0.25, 0.3) is 0 Å². The monoisotopic (exact) mass is 292 g/mol. The third-order valence-electron chi connectivity index (χ3n) is 2.84. The normalized spacial score (nSPS) is 11.6. The second-order valence-corrected chi connectivity index (χ2v) is 4.64. The smallest absolute Gasteiger partial charge is 0.178 e. The van der Waals surface area contributed by atoms with E-state index in [1.54, 1.807) is 66.8 Å². The number of hydrogen-bond acceptors (Lipinski definition) is 3. The predicted molar refractivity (Wildman–Crippen MR) is 88.4 cm³/mol. The Bertz CT molecular complexity index is 740. The van der Waals surface area contributed by atoms with Crippen LogP contribution >= 0.6 is 0 Å². The van der Waals surface area contributed by atoms with Gasteiger partial charge >= 0.3 is 0 Å². The van der Waals surface area contributed by atoms with Crippen LogP contribution in [-0.2, 0) is 4.79 Å². The molecule has 0 amide bonds. The second-order valence-electron chi connectivity index (χ2n) is 4.64. The molecule has 2 rings (SSSR count). The first kappa shape index (κ1) is 15.3. The molecule has 22 heavy (non-hydrogen) atoms. The molecule has 0 aliphatic carbocycles. The summed E-state index contributed by atoms with van der Waals surface area (Å²) in [6.45, 7) is 0. The Hall–Kier alpha value is -3.07. The SMILES string of the molecule is O=C(/C=C/C=C/c1cccc(O)c1)/C=C/c1cccc(O)c1. The van der Waals surface area contributed by atoms with Crippen LogP contribution in [0.25, 0.3) is 12.2 Å². The molecular formula is C19H16O3. The quantitative estimate of drug-likeness (QED) is 0.648. The molecule has 0 saturated heterocycles. The Morgan fingerprint density at radius 3 is 1.95 bits per heavy atom. The van der Waals surface area contributed by atoms with E-state index in [9.17, 15) is 15.0 Å². The fourth-order valence-electron chi connectivity index (χ4n) is 1.81. The van der Waals surface area contributed by atoms with Crippen LogP contribution in [0.2, 0.25) is 0 Å². The Labute approximate surface area is 129 Å². The van der Waals surface area contributed by atoms with Crippen molar-refractivity contribution in [3.8, 4) is 11.5 Å². The van der Waals surface area contributed by atoms with E-state index < -0.39 is 0 Å². The van der Waals surface area contributed by atoms with Gasteiger partial charge in [-0.3, -0.25) is 4.79 Å². The number of allylic oxidation sites excluding steroid dienone is 4. The lowest BCUT2D eigenvalue weighted by Gasteiger charge is -1.93. The molecule has 110 valence electrons. The van der Waals surface area contributed by atoms with Crippen LogP contribution in [0, 0.1) is 0 Å². The van der Waals surface area contributed by atoms with Crippen LogP contribution in [0.1, 0.15) is 11.1 Å². The van der Waals surface area contributed by atoms with E-state index in [-0.39, 0.29) is 17.3 Å². The van der Waals surface area contributed by atoms with E-state index in [0.717, 1.165) is 11.1 Å². The van der Waals surface area contributed by atoms with Crippen LogP contribution in [0.5, 0.6) is 11.5 Å². The van der Waals surface area contributed by atoms with Gasteiger partial charge in [-0.15, -0.1) is 0 Å². The lowest BCUT2D eigenvalue weighted by atomic mass is 10.1. The van der Waals surface area contributed by atoms with E-state index >= 15 is 0 Å². The van der Waals surface area contributed by atoms with Gasteiger partial charge in [0.05, 0.1) is 0 Å². The molecule has 0 bridgehead atoms. The average Bonchev–Trinajstić information content (AvgIpc) is 2.50. The van der Waals surface area contributed by atoms with Gasteiger partial charge in [0.1, 0.15) is 11.5 Å². The maximum atomic E-state index is 11.7. The van der Waals surface area contributed by atoms with E-state index in [0.29, 0.717) is 0 Å². The molecule has 2 N–H and O–H groups in total. The number of carbonyl (C=O) groups is 1. The van der Waals surface area contributed by atoms with Gasteiger partial charge in [-0.1, -0.05) is 48.6 Å². The molecule has 0 saturated carbocycles. The first-order valence-electron chi connectivity index (χ1n) is 6.78. The van der Waals surface area contributed by atoms with E-state index in [4.69, 9.17) is 0 Å². The number of carbonyl (C=O) groups excluding carboxylic acids is 1. The molecule has 0 heterocycles. The van der Waals surface area contributed by atoms with Crippen molar-refractivity contribution >= 4 is 17.9 Å². The maximum absolute atomic E-state index is 11.7. The number of phenols is 2. The van der Waals surface area contributed by atoms with E-state index in [1.807, 2.05) is 6.07 Å². The molecule has 0 aromatic heterocycles. The summed E-state index contributed by atoms with van der Waals surface area (Å²) in [7, 11) is 0. The van der Waals surface area contributed by atoms with Crippen LogP contribution in [0.15, 0.2) is 72.8 Å². The van der Waals surface area contributed by atoms with Crippen molar-refractivity contribution < 1.29 is 15.0 Å². The van der Waals surface area contributed by atoms with Gasteiger partial charge in [-0.2, -0.15) is 0 Å². The summed E-state index contributed by atoms with van der Waals surface area (Å²) in [6, 6.07) is 13.5. The summed E-state index contributed by atoms with van der Waals surface area (Å²) in [5.74, 6) is 0.222. The lowest BCUT2D eigenvalue weighted by molar-refractivity contribution is -0.110. The van der Waals surface area contributed by atoms with Crippen LogP contribution in [0.4, 0.5) is 0 Å². The summed E-state index contributed by atoms with van der Waals surface area (Å²) in [5.41, 5.74) is 1.62. The van der Waals surface area contributed by atoms with Gasteiger partial charge in [0.15, 0.2) is 5.78 Å². The van der Waals surface area contributed by atoms with Crippen LogP contribution in [0.3, 0.4) is 0 Å². The van der Waals surface area contributed by atoms with Crippen molar-refractivity contribution in [3.63, 3.8) is 0 Å². The zero-order valence-corrected chi connectivity index (χ0v) is 11.9. The highest BCUT2D eigenvalue weighted by Gasteiger charge is 1.92. The minimum atomic E-state index is -0.149. The van der Waals surface area contributed by atoms with E-state index in [2.05, 4.69) is 0 Å². The van der Waals surface area contributed by atoms with Crippen LogP contribution < -0.4 is 0 Å². The van der Waals surface area contributed by atoms with Gasteiger partial charge in [-0.05, 0) is 47.5 Å². The summed E-state index contributed by atoms with van der Waals surface area (Å²) in [5, 5.41) is 18.6. The predicted octanol–water partition coefficient (Wildman–Crippen LogP) is 3.95. The number of benzene rings is 2. The average molecular weight is 292 g/mol. The zero-order valence-electron chi connectivity index (χ0n) is 11.9. The Morgan fingerprint density at radius 1 is 0.773 bits per heavy atom. The van der Waals surface area contributed by atoms with Gasteiger partial charge in [0.2, 0.25) is 0 Å². The summed E-state index contributed by atoms with van der Waals surface area (Å²) >= 11 is 0. The first-order valence-corrected chi connectivity index (χ1v) is 6.78. The highest BCUT2D eigenvalue weighted by atomic mass is 16.3. The van der Waals surface area contributed by atoms with Gasteiger partial charge in [0, 0.05) is 0 Å². The molecule has 2 aromatic carbocycles. The molecule has 0 radical (unpaired) electrons. The summed E-state index contributed by atoms with van der Waals surface area (Å²) < 4.78 is 0. The number of phenolic OH excluding ortho intramolecular Hbond substituents is 2. The molecule has 0 unspecified atom stereocenters. The third-order valence-corrected chi connectivity index (χ3v) is 2.84. The second kappa shape index (κ2) is 7.64. The van der Waals surface area contributed by atoms with Crippen LogP contribution in [-0.4, -0.2) is 16.0 Å². The number of aromatic hydroxyl groups is 2. The molecular weight excluding hydrogens is 276 g/mol. The van der Waals surface area contributed by atoms with E-state index in [1.165, 1.54) is 12.2 Å².